The molecule has 4 nitrogen and oxygen atoms in total. The van der Waals surface area contributed by atoms with Crippen molar-refractivity contribution in [2.45, 2.75) is 19.3 Å². The second-order valence-corrected chi connectivity index (χ2v) is 4.29. The summed E-state index contributed by atoms with van der Waals surface area (Å²) in [5.41, 5.74) is 1.81. The van der Waals surface area contributed by atoms with Crippen LogP contribution in [0.5, 0.6) is 5.75 Å². The lowest BCUT2D eigenvalue weighted by molar-refractivity contribution is -0.351. The molecule has 0 aliphatic rings. The highest BCUT2D eigenvalue weighted by Crippen LogP contribution is 2.30. The maximum Gasteiger partial charge on any atom is 0.286 e. The van der Waals surface area contributed by atoms with Gasteiger partial charge < -0.3 is 18.9 Å². The maximum absolute atomic E-state index is 6.12. The minimum Gasteiger partial charge on any atom is -0.496 e. The highest BCUT2D eigenvalue weighted by molar-refractivity contribution is 6.31. The lowest BCUT2D eigenvalue weighted by Gasteiger charge is -2.29. The van der Waals surface area contributed by atoms with Crippen LogP contribution >= 0.6 is 11.6 Å². The Morgan fingerprint density at radius 3 is 2.06 bits per heavy atom. The SMILES string of the molecule is COc1cc(C)c(Cl)cc1CC(OC)(OC)OC. The van der Waals surface area contributed by atoms with Crippen molar-refractivity contribution in [1.82, 2.24) is 0 Å². The fraction of sp³-hybridized carbons (Fsp3) is 0.538. The van der Waals surface area contributed by atoms with Gasteiger partial charge in [-0.05, 0) is 24.6 Å². The zero-order chi connectivity index (χ0) is 13.8. The normalized spacial score (nSPS) is 11.7. The minimum absolute atomic E-state index is 0.375. The maximum atomic E-state index is 6.12. The number of hydrogen-bond donors (Lipinski definition) is 0. The average molecular weight is 275 g/mol. The monoisotopic (exact) mass is 274 g/mol. The molecule has 0 N–H and O–H groups in total. The molecule has 0 heterocycles. The average Bonchev–Trinajstić information content (AvgIpc) is 2.40. The van der Waals surface area contributed by atoms with Gasteiger partial charge in [0.15, 0.2) is 0 Å². The van der Waals surface area contributed by atoms with Crippen molar-refractivity contribution >= 4 is 11.6 Å². The molecule has 0 aliphatic heterocycles. The summed E-state index contributed by atoms with van der Waals surface area (Å²) in [6, 6.07) is 3.71. The highest BCUT2D eigenvalue weighted by atomic mass is 35.5. The third-order valence-electron chi connectivity index (χ3n) is 2.90. The molecule has 0 aromatic heterocycles. The number of rotatable bonds is 6. The summed E-state index contributed by atoms with van der Waals surface area (Å²) in [4.78, 5) is 0. The summed E-state index contributed by atoms with van der Waals surface area (Å²) >= 11 is 6.12. The Bertz CT molecular complexity index is 394. The van der Waals surface area contributed by atoms with Crippen LogP contribution in [0.1, 0.15) is 11.1 Å². The van der Waals surface area contributed by atoms with Crippen LogP contribution < -0.4 is 4.74 Å². The molecule has 1 aromatic rings. The van der Waals surface area contributed by atoms with Crippen LogP contribution in [-0.4, -0.2) is 34.4 Å². The van der Waals surface area contributed by atoms with E-state index >= 15 is 0 Å². The van der Waals surface area contributed by atoms with Crippen LogP contribution in [0.4, 0.5) is 0 Å². The molecular weight excluding hydrogens is 256 g/mol. The van der Waals surface area contributed by atoms with Gasteiger partial charge in [0.25, 0.3) is 5.97 Å². The zero-order valence-corrected chi connectivity index (χ0v) is 12.1. The fourth-order valence-electron chi connectivity index (χ4n) is 1.72. The summed E-state index contributed by atoms with van der Waals surface area (Å²) in [6.45, 7) is 1.92. The van der Waals surface area contributed by atoms with Gasteiger partial charge in [0.05, 0.1) is 13.5 Å². The molecule has 1 aromatic carbocycles. The largest absolute Gasteiger partial charge is 0.496 e. The number of methoxy groups -OCH3 is 4. The zero-order valence-electron chi connectivity index (χ0n) is 11.4. The Labute approximate surface area is 113 Å². The second-order valence-electron chi connectivity index (χ2n) is 3.89. The van der Waals surface area contributed by atoms with Crippen LogP contribution in [0.3, 0.4) is 0 Å². The van der Waals surface area contributed by atoms with Gasteiger partial charge in [-0.1, -0.05) is 11.6 Å². The third-order valence-corrected chi connectivity index (χ3v) is 3.31. The van der Waals surface area contributed by atoms with E-state index in [2.05, 4.69) is 0 Å². The molecule has 0 unspecified atom stereocenters. The molecular formula is C13H19ClO4. The van der Waals surface area contributed by atoms with E-state index in [0.717, 1.165) is 16.9 Å². The standard InChI is InChI=1S/C13H19ClO4/c1-9-6-12(15-2)10(7-11(9)14)8-13(16-3,17-4)18-5/h6-7H,8H2,1-5H3. The van der Waals surface area contributed by atoms with E-state index in [1.54, 1.807) is 7.11 Å². The van der Waals surface area contributed by atoms with Crippen molar-refractivity contribution in [2.24, 2.45) is 0 Å². The minimum atomic E-state index is -1.13. The second kappa shape index (κ2) is 6.38. The van der Waals surface area contributed by atoms with Crippen LogP contribution in [0.15, 0.2) is 12.1 Å². The Balaban J connectivity index is 3.13. The molecule has 0 spiro atoms. The first kappa shape index (κ1) is 15.2. The predicted molar refractivity (Wildman–Crippen MR) is 70.2 cm³/mol. The van der Waals surface area contributed by atoms with Gasteiger partial charge in [-0.3, -0.25) is 0 Å². The van der Waals surface area contributed by atoms with Crippen molar-refractivity contribution in [3.8, 4) is 5.75 Å². The van der Waals surface area contributed by atoms with Crippen molar-refractivity contribution in [3.05, 3.63) is 28.3 Å². The number of benzene rings is 1. The van der Waals surface area contributed by atoms with Gasteiger partial charge in [-0.15, -0.1) is 0 Å². The van der Waals surface area contributed by atoms with Gasteiger partial charge in [0.2, 0.25) is 0 Å². The molecule has 5 heteroatoms. The Hall–Kier alpha value is -0.810. The molecule has 18 heavy (non-hydrogen) atoms. The van der Waals surface area contributed by atoms with Gasteiger partial charge in [0, 0.05) is 31.9 Å². The van der Waals surface area contributed by atoms with Crippen LogP contribution in [-0.2, 0) is 20.6 Å². The van der Waals surface area contributed by atoms with E-state index in [0.29, 0.717) is 11.4 Å². The number of halogens is 1. The predicted octanol–water partition coefficient (Wildman–Crippen LogP) is 2.79. The summed E-state index contributed by atoms with van der Waals surface area (Å²) in [5, 5.41) is 0.669. The molecule has 0 radical (unpaired) electrons. The van der Waals surface area contributed by atoms with E-state index in [1.807, 2.05) is 19.1 Å². The topological polar surface area (TPSA) is 36.9 Å². The van der Waals surface area contributed by atoms with E-state index in [4.69, 9.17) is 30.5 Å². The molecule has 0 saturated heterocycles. The lowest BCUT2D eigenvalue weighted by atomic mass is 10.1. The molecule has 0 amide bonds. The molecule has 1 rings (SSSR count). The van der Waals surface area contributed by atoms with Crippen molar-refractivity contribution in [3.63, 3.8) is 0 Å². The van der Waals surface area contributed by atoms with Crippen LogP contribution in [0.2, 0.25) is 5.02 Å². The van der Waals surface area contributed by atoms with E-state index in [9.17, 15) is 0 Å². The van der Waals surface area contributed by atoms with Gasteiger partial charge in [-0.2, -0.15) is 0 Å². The van der Waals surface area contributed by atoms with Crippen molar-refractivity contribution in [1.29, 1.82) is 0 Å². The van der Waals surface area contributed by atoms with E-state index < -0.39 is 5.97 Å². The van der Waals surface area contributed by atoms with Gasteiger partial charge >= 0.3 is 0 Å². The molecule has 0 saturated carbocycles. The first-order valence-electron chi connectivity index (χ1n) is 5.50. The van der Waals surface area contributed by atoms with Crippen molar-refractivity contribution < 1.29 is 18.9 Å². The number of aryl methyl sites for hydroxylation is 1. The first-order chi connectivity index (χ1) is 8.51. The number of ether oxygens (including phenoxy) is 4. The highest BCUT2D eigenvalue weighted by Gasteiger charge is 2.31. The molecule has 0 atom stereocenters. The summed E-state index contributed by atoms with van der Waals surface area (Å²) in [7, 11) is 6.18. The van der Waals surface area contributed by atoms with Crippen molar-refractivity contribution in [2.75, 3.05) is 28.4 Å². The summed E-state index contributed by atoms with van der Waals surface area (Å²) < 4.78 is 21.1. The third kappa shape index (κ3) is 3.14. The van der Waals surface area contributed by atoms with Gasteiger partial charge in [-0.25, -0.2) is 0 Å². The Kier molecular flexibility index (Phi) is 5.41. The van der Waals surface area contributed by atoms with Crippen LogP contribution in [0.25, 0.3) is 0 Å². The number of hydrogen-bond acceptors (Lipinski definition) is 4. The molecule has 102 valence electrons. The summed E-state index contributed by atoms with van der Waals surface area (Å²) in [5.74, 6) is -0.404. The molecule has 0 fully saturated rings. The lowest BCUT2D eigenvalue weighted by Crippen LogP contribution is -2.38. The van der Waals surface area contributed by atoms with E-state index in [1.165, 1.54) is 21.3 Å². The molecule has 0 bridgehead atoms. The first-order valence-corrected chi connectivity index (χ1v) is 5.88. The summed E-state index contributed by atoms with van der Waals surface area (Å²) in [6.07, 6.45) is 0.375. The molecule has 0 aliphatic carbocycles. The quantitative estimate of drug-likeness (QED) is 0.748. The van der Waals surface area contributed by atoms with Gasteiger partial charge in [0.1, 0.15) is 5.75 Å². The van der Waals surface area contributed by atoms with E-state index in [-0.39, 0.29) is 0 Å². The Morgan fingerprint density at radius 2 is 1.61 bits per heavy atom. The van der Waals surface area contributed by atoms with Crippen LogP contribution in [0, 0.1) is 6.92 Å². The smallest absolute Gasteiger partial charge is 0.286 e. The Morgan fingerprint density at radius 1 is 1.06 bits per heavy atom. The fourth-order valence-corrected chi connectivity index (χ4v) is 1.91.